The lowest BCUT2D eigenvalue weighted by Gasteiger charge is -2.07. The van der Waals surface area contributed by atoms with Crippen molar-refractivity contribution in [3.05, 3.63) is 123 Å². The molecular weight excluding hydrogens is 637 g/mol. The second-order valence-electron chi connectivity index (χ2n) is 14.8. The molecule has 0 bridgehead atoms. The Kier molecular flexibility index (Phi) is 33.0. The van der Waals surface area contributed by atoms with Crippen LogP contribution in [0.5, 0.6) is 17.2 Å². The number of hydrogen-bond acceptors (Lipinski definition) is 3. The Morgan fingerprint density at radius 3 is 1.02 bits per heavy atom. The lowest BCUT2D eigenvalue weighted by Crippen LogP contribution is -1.94. The van der Waals surface area contributed by atoms with Gasteiger partial charge < -0.3 is 15.3 Å². The summed E-state index contributed by atoms with van der Waals surface area (Å²) >= 11 is 0. The van der Waals surface area contributed by atoms with Crippen LogP contribution in [0.25, 0.3) is 0 Å². The first-order valence-corrected chi connectivity index (χ1v) is 17.4. The van der Waals surface area contributed by atoms with Gasteiger partial charge in [-0.05, 0) is 134 Å². The SMILES string of the molecule is C.C.C.C.C.Cc1ccc(CC(C)C)c(O)c1.Cc1ccc(CC(C)C)cc1.Cc1ccc(CC(C)C)cc1O.Cc1ccc(CC(C)C)cc1O. The summed E-state index contributed by atoms with van der Waals surface area (Å²) in [6, 6.07) is 26.5. The third kappa shape index (κ3) is 25.3. The third-order valence-electron chi connectivity index (χ3n) is 7.47. The van der Waals surface area contributed by atoms with Gasteiger partial charge >= 0.3 is 0 Å². The highest BCUT2D eigenvalue weighted by molar-refractivity contribution is 5.37. The fraction of sp³-hybridized carbons (Fsp3) is 0.510. The first kappa shape index (κ1) is 57.6. The molecule has 0 heterocycles. The zero-order valence-corrected chi connectivity index (χ0v) is 31.5. The normalized spacial score (nSPS) is 9.62. The van der Waals surface area contributed by atoms with Crippen LogP contribution in [0.1, 0.15) is 137 Å². The molecule has 0 aliphatic carbocycles. The van der Waals surface area contributed by atoms with Crippen LogP contribution in [0, 0.1) is 51.4 Å². The van der Waals surface area contributed by atoms with Crippen molar-refractivity contribution in [2.75, 3.05) is 0 Å². The summed E-state index contributed by atoms with van der Waals surface area (Å²) in [5.41, 5.74) is 9.28. The molecule has 0 fully saturated rings. The standard InChI is InChI=1S/3C11H16O.C11H16.5CH4/c2*1-8(2)6-10-5-4-9(3)11(12)7-10;1-8(2)6-10-5-4-9(3)7-11(10)12;1-9(2)8-11-6-4-10(3)5-7-11;;;;;/h3*4-5,7-8,12H,6H2,1-3H3;4-7,9H,8H2,1-3H3;5*1H4. The molecule has 0 saturated carbocycles. The Morgan fingerprint density at radius 1 is 0.365 bits per heavy atom. The fourth-order valence-electron chi connectivity index (χ4n) is 4.99. The summed E-state index contributed by atoms with van der Waals surface area (Å²) in [4.78, 5) is 0. The number of hydrogen-bond donors (Lipinski definition) is 3. The van der Waals surface area contributed by atoms with E-state index in [1.165, 1.54) is 28.7 Å². The molecule has 0 aliphatic heterocycles. The van der Waals surface area contributed by atoms with Crippen molar-refractivity contribution in [1.29, 1.82) is 0 Å². The van der Waals surface area contributed by atoms with Crippen molar-refractivity contribution in [1.82, 2.24) is 0 Å². The van der Waals surface area contributed by atoms with Crippen LogP contribution in [0.4, 0.5) is 0 Å². The van der Waals surface area contributed by atoms with E-state index in [4.69, 9.17) is 0 Å². The molecule has 3 heteroatoms. The quantitative estimate of drug-likeness (QED) is 0.170. The van der Waals surface area contributed by atoms with Gasteiger partial charge in [0.25, 0.3) is 0 Å². The van der Waals surface area contributed by atoms with Crippen molar-refractivity contribution in [2.45, 2.75) is 146 Å². The highest BCUT2D eigenvalue weighted by Gasteiger charge is 2.04. The molecule has 4 rings (SSSR count). The van der Waals surface area contributed by atoms with Crippen LogP contribution < -0.4 is 0 Å². The van der Waals surface area contributed by atoms with Gasteiger partial charge in [-0.2, -0.15) is 0 Å². The lowest BCUT2D eigenvalue weighted by molar-refractivity contribution is 0.462. The van der Waals surface area contributed by atoms with Crippen LogP contribution in [-0.2, 0) is 25.7 Å². The molecule has 3 N–H and O–H groups in total. The highest BCUT2D eigenvalue weighted by atomic mass is 16.3. The summed E-state index contributed by atoms with van der Waals surface area (Å²) in [6.07, 6.45) is 4.22. The van der Waals surface area contributed by atoms with E-state index in [-0.39, 0.29) is 37.1 Å². The molecule has 0 aliphatic rings. The molecule has 3 nitrogen and oxygen atoms in total. The van der Waals surface area contributed by atoms with E-state index in [1.807, 2.05) is 63.2 Å². The van der Waals surface area contributed by atoms with E-state index in [0.717, 1.165) is 47.4 Å². The van der Waals surface area contributed by atoms with Crippen LogP contribution in [0.3, 0.4) is 0 Å². The van der Waals surface area contributed by atoms with Crippen molar-refractivity contribution in [3.8, 4) is 17.2 Å². The number of aromatic hydroxyl groups is 3. The summed E-state index contributed by atoms with van der Waals surface area (Å²) in [7, 11) is 0. The number of phenolic OH excluding ortho intramolecular Hbond substituents is 3. The average molecular weight is 721 g/mol. The summed E-state index contributed by atoms with van der Waals surface area (Å²) < 4.78 is 0. The van der Waals surface area contributed by atoms with Crippen molar-refractivity contribution in [2.24, 2.45) is 23.7 Å². The molecule has 0 spiro atoms. The largest absolute Gasteiger partial charge is 0.508 e. The Morgan fingerprint density at radius 2 is 0.692 bits per heavy atom. The maximum atomic E-state index is 9.54. The van der Waals surface area contributed by atoms with Gasteiger partial charge in [0.2, 0.25) is 0 Å². The van der Waals surface area contributed by atoms with Crippen molar-refractivity contribution < 1.29 is 15.3 Å². The third-order valence-corrected chi connectivity index (χ3v) is 7.47. The summed E-state index contributed by atoms with van der Waals surface area (Å²) in [5.74, 6) is 3.90. The van der Waals surface area contributed by atoms with Crippen molar-refractivity contribution >= 4 is 0 Å². The van der Waals surface area contributed by atoms with E-state index in [2.05, 4.69) is 98.7 Å². The minimum absolute atomic E-state index is 0. The smallest absolute Gasteiger partial charge is 0.119 e. The number of benzene rings is 4. The Hall–Kier alpha value is -3.72. The minimum Gasteiger partial charge on any atom is -0.508 e. The van der Waals surface area contributed by atoms with E-state index < -0.39 is 0 Å². The van der Waals surface area contributed by atoms with E-state index >= 15 is 0 Å². The molecule has 0 amide bonds. The molecule has 0 saturated heterocycles. The molecule has 4 aromatic carbocycles. The Balaban J connectivity index is -0.000000183. The minimum atomic E-state index is 0. The van der Waals surface area contributed by atoms with Crippen LogP contribution in [-0.4, -0.2) is 15.3 Å². The Labute approximate surface area is 324 Å². The molecule has 0 unspecified atom stereocenters. The van der Waals surface area contributed by atoms with Crippen LogP contribution in [0.15, 0.2) is 78.9 Å². The first-order chi connectivity index (χ1) is 22.0. The van der Waals surface area contributed by atoms with Gasteiger partial charge in [0, 0.05) is 0 Å². The van der Waals surface area contributed by atoms with Gasteiger partial charge in [-0.25, -0.2) is 0 Å². The highest BCUT2D eigenvalue weighted by Crippen LogP contribution is 2.22. The van der Waals surface area contributed by atoms with Gasteiger partial charge in [-0.1, -0.05) is 159 Å². The summed E-state index contributed by atoms with van der Waals surface area (Å²) in [5, 5.41) is 28.4. The van der Waals surface area contributed by atoms with Gasteiger partial charge in [0.1, 0.15) is 17.2 Å². The molecule has 0 aromatic heterocycles. The molecule has 4 aromatic rings. The molecule has 0 atom stereocenters. The van der Waals surface area contributed by atoms with E-state index in [1.54, 1.807) is 0 Å². The second-order valence-corrected chi connectivity index (χ2v) is 14.8. The van der Waals surface area contributed by atoms with Crippen molar-refractivity contribution in [3.63, 3.8) is 0 Å². The van der Waals surface area contributed by atoms with Gasteiger partial charge in [0.15, 0.2) is 0 Å². The number of rotatable bonds is 8. The van der Waals surface area contributed by atoms with Gasteiger partial charge in [0.05, 0.1) is 0 Å². The Bertz CT molecular complexity index is 1390. The molecule has 298 valence electrons. The van der Waals surface area contributed by atoms with Gasteiger partial charge in [-0.3, -0.25) is 0 Å². The molecule has 52 heavy (non-hydrogen) atoms. The molecular formula is C49H84O3. The number of phenols is 3. The van der Waals surface area contributed by atoms with Gasteiger partial charge in [-0.15, -0.1) is 0 Å². The maximum absolute atomic E-state index is 9.54. The van der Waals surface area contributed by atoms with Crippen LogP contribution in [0.2, 0.25) is 0 Å². The summed E-state index contributed by atoms with van der Waals surface area (Å²) in [6.45, 7) is 25.4. The average Bonchev–Trinajstić information content (AvgIpc) is 2.96. The predicted octanol–water partition coefficient (Wildman–Crippen LogP) is 15.1. The topological polar surface area (TPSA) is 60.7 Å². The van der Waals surface area contributed by atoms with E-state index in [0.29, 0.717) is 35.0 Å². The zero-order valence-electron chi connectivity index (χ0n) is 31.5. The maximum Gasteiger partial charge on any atom is 0.119 e. The van der Waals surface area contributed by atoms with Crippen LogP contribution >= 0.6 is 0 Å². The predicted molar refractivity (Wildman–Crippen MR) is 238 cm³/mol. The fourth-order valence-corrected chi connectivity index (χ4v) is 4.99. The number of aryl methyl sites for hydroxylation is 4. The molecule has 0 radical (unpaired) electrons. The van der Waals surface area contributed by atoms with E-state index in [9.17, 15) is 15.3 Å². The zero-order chi connectivity index (χ0) is 35.7. The monoisotopic (exact) mass is 721 g/mol. The first-order valence-electron chi connectivity index (χ1n) is 17.4. The lowest BCUT2D eigenvalue weighted by atomic mass is 10.0. The second kappa shape index (κ2) is 29.8.